The van der Waals surface area contributed by atoms with Crippen molar-refractivity contribution >= 4 is 16.8 Å². The zero-order valence-corrected chi connectivity index (χ0v) is 12.2. The van der Waals surface area contributed by atoms with Gasteiger partial charge in [0.25, 0.3) is 0 Å². The molecule has 1 aromatic carbocycles. The highest BCUT2D eigenvalue weighted by Gasteiger charge is 2.25. The predicted molar refractivity (Wildman–Crippen MR) is 83.9 cm³/mol. The number of rotatable bonds is 3. The van der Waals surface area contributed by atoms with Gasteiger partial charge in [0.05, 0.1) is 17.1 Å². The minimum Gasteiger partial charge on any atom is -0.368 e. The van der Waals surface area contributed by atoms with E-state index in [1.54, 1.807) is 6.20 Å². The minimum atomic E-state index is -0.281. The number of amides is 1. The Labute approximate surface area is 129 Å². The largest absolute Gasteiger partial charge is 0.368 e. The molecule has 1 aliphatic rings. The number of aromatic nitrogens is 1. The monoisotopic (exact) mass is 294 g/mol. The first-order valence-electron chi connectivity index (χ1n) is 7.48. The smallest absolute Gasteiger partial charge is 0.234 e. The van der Waals surface area contributed by atoms with Crippen molar-refractivity contribution in [3.05, 3.63) is 41.6 Å². The number of nitriles is 1. The van der Waals surface area contributed by atoms with Gasteiger partial charge in [-0.2, -0.15) is 5.26 Å². The minimum absolute atomic E-state index is 0.235. The molecule has 1 aliphatic heterocycles. The summed E-state index contributed by atoms with van der Waals surface area (Å²) in [6.07, 6.45) is 4.36. The molecular formula is C17H18N4O. The number of carbonyl (C=O) groups is 1. The van der Waals surface area contributed by atoms with Gasteiger partial charge in [-0.25, -0.2) is 0 Å². The quantitative estimate of drug-likeness (QED) is 0.897. The Bertz CT molecular complexity index is 750. The normalized spacial score (nSPS) is 21.4. The van der Waals surface area contributed by atoms with Crippen LogP contribution in [0.1, 0.15) is 24.0 Å². The molecule has 0 radical (unpaired) electrons. The van der Waals surface area contributed by atoms with Crippen molar-refractivity contribution in [2.75, 3.05) is 6.54 Å². The fraction of sp³-hybridized carbons (Fsp3) is 0.353. The van der Waals surface area contributed by atoms with Gasteiger partial charge < -0.3 is 11.1 Å². The Kier molecular flexibility index (Phi) is 4.03. The number of hydrogen-bond acceptors (Lipinski definition) is 4. The average molecular weight is 294 g/mol. The zero-order chi connectivity index (χ0) is 15.5. The third-order valence-corrected chi connectivity index (χ3v) is 4.34. The van der Waals surface area contributed by atoms with E-state index < -0.39 is 0 Å². The second-order valence-corrected chi connectivity index (χ2v) is 5.79. The Balaban J connectivity index is 1.88. The second kappa shape index (κ2) is 6.12. The van der Waals surface area contributed by atoms with E-state index in [-0.39, 0.29) is 11.9 Å². The molecule has 0 aliphatic carbocycles. The van der Waals surface area contributed by atoms with Crippen molar-refractivity contribution in [1.29, 1.82) is 5.26 Å². The molecule has 0 bridgehead atoms. The highest BCUT2D eigenvalue weighted by molar-refractivity contribution is 5.87. The number of benzene rings is 1. The van der Waals surface area contributed by atoms with Gasteiger partial charge in [0, 0.05) is 11.6 Å². The first-order chi connectivity index (χ1) is 10.7. The van der Waals surface area contributed by atoms with Crippen LogP contribution in [0.5, 0.6) is 0 Å². The fourth-order valence-electron chi connectivity index (χ4n) is 3.21. The highest BCUT2D eigenvalue weighted by atomic mass is 16.1. The number of nitrogens with two attached hydrogens (primary N) is 1. The Morgan fingerprint density at radius 3 is 3.09 bits per heavy atom. The number of fused-ring (bicyclic) bond motifs is 1. The molecule has 2 unspecified atom stereocenters. The molecule has 1 fully saturated rings. The SMILES string of the molecule is N#Cc1ccc(CC2CCNC(C(N)=O)C2)c2cccnc12. The van der Waals surface area contributed by atoms with Gasteiger partial charge in [0.2, 0.25) is 5.91 Å². The molecule has 1 saturated heterocycles. The molecule has 1 aromatic heterocycles. The van der Waals surface area contributed by atoms with Crippen molar-refractivity contribution in [3.63, 3.8) is 0 Å². The molecule has 0 spiro atoms. The van der Waals surface area contributed by atoms with E-state index in [0.29, 0.717) is 11.5 Å². The summed E-state index contributed by atoms with van der Waals surface area (Å²) >= 11 is 0. The molecule has 22 heavy (non-hydrogen) atoms. The summed E-state index contributed by atoms with van der Waals surface area (Å²) in [5.41, 5.74) is 7.93. The first kappa shape index (κ1) is 14.5. The van der Waals surface area contributed by atoms with Crippen molar-refractivity contribution in [3.8, 4) is 6.07 Å². The Morgan fingerprint density at radius 1 is 1.45 bits per heavy atom. The maximum Gasteiger partial charge on any atom is 0.234 e. The third-order valence-electron chi connectivity index (χ3n) is 4.34. The number of carbonyl (C=O) groups excluding carboxylic acids is 1. The number of nitrogens with one attached hydrogen (secondary N) is 1. The molecule has 2 atom stereocenters. The lowest BCUT2D eigenvalue weighted by molar-refractivity contribution is -0.120. The van der Waals surface area contributed by atoms with E-state index >= 15 is 0 Å². The maximum atomic E-state index is 11.4. The maximum absolute atomic E-state index is 11.4. The Hall–Kier alpha value is -2.45. The van der Waals surface area contributed by atoms with Crippen molar-refractivity contribution in [1.82, 2.24) is 10.3 Å². The molecule has 2 aromatic rings. The molecular weight excluding hydrogens is 276 g/mol. The fourth-order valence-corrected chi connectivity index (χ4v) is 3.21. The van der Waals surface area contributed by atoms with E-state index in [1.165, 1.54) is 5.56 Å². The van der Waals surface area contributed by atoms with E-state index in [4.69, 9.17) is 5.73 Å². The number of primary amides is 1. The average Bonchev–Trinajstić information content (AvgIpc) is 2.55. The number of pyridine rings is 1. The van der Waals surface area contributed by atoms with Crippen LogP contribution < -0.4 is 11.1 Å². The van der Waals surface area contributed by atoms with E-state index in [9.17, 15) is 10.1 Å². The van der Waals surface area contributed by atoms with E-state index in [1.807, 2.05) is 24.3 Å². The molecule has 2 heterocycles. The summed E-state index contributed by atoms with van der Waals surface area (Å²) in [7, 11) is 0. The molecule has 0 saturated carbocycles. The molecule has 1 amide bonds. The van der Waals surface area contributed by atoms with Crippen molar-refractivity contribution < 1.29 is 4.79 Å². The van der Waals surface area contributed by atoms with Crippen LogP contribution >= 0.6 is 0 Å². The molecule has 5 nitrogen and oxygen atoms in total. The summed E-state index contributed by atoms with van der Waals surface area (Å²) in [5.74, 6) is 0.131. The lowest BCUT2D eigenvalue weighted by Gasteiger charge is -2.28. The van der Waals surface area contributed by atoms with Crippen molar-refractivity contribution in [2.24, 2.45) is 11.7 Å². The van der Waals surface area contributed by atoms with Crippen LogP contribution in [0.4, 0.5) is 0 Å². The van der Waals surface area contributed by atoms with Crippen LogP contribution in [0, 0.1) is 17.2 Å². The van der Waals surface area contributed by atoms with E-state index in [0.717, 1.165) is 36.7 Å². The molecule has 3 N–H and O–H groups in total. The van der Waals surface area contributed by atoms with Crippen LogP contribution in [-0.4, -0.2) is 23.5 Å². The van der Waals surface area contributed by atoms with Gasteiger partial charge in [-0.3, -0.25) is 9.78 Å². The van der Waals surface area contributed by atoms with Gasteiger partial charge in [0.1, 0.15) is 6.07 Å². The lowest BCUT2D eigenvalue weighted by Crippen LogP contribution is -2.47. The van der Waals surface area contributed by atoms with Gasteiger partial charge in [0.15, 0.2) is 0 Å². The summed E-state index contributed by atoms with van der Waals surface area (Å²) in [6, 6.07) is 9.68. The van der Waals surface area contributed by atoms with Gasteiger partial charge >= 0.3 is 0 Å². The summed E-state index contributed by atoms with van der Waals surface area (Å²) in [5, 5.41) is 13.4. The standard InChI is InChI=1S/C17H18N4O/c18-10-13-4-3-12(14-2-1-6-21-16(13)14)8-11-5-7-20-15(9-11)17(19)22/h1-4,6,11,15,20H,5,7-9H2,(H2,19,22). The topological polar surface area (TPSA) is 91.8 Å². The van der Waals surface area contributed by atoms with Crippen LogP contribution in [0.15, 0.2) is 30.5 Å². The van der Waals surface area contributed by atoms with Crippen LogP contribution in [-0.2, 0) is 11.2 Å². The molecule has 5 heteroatoms. The first-order valence-corrected chi connectivity index (χ1v) is 7.48. The zero-order valence-electron chi connectivity index (χ0n) is 12.2. The van der Waals surface area contributed by atoms with Gasteiger partial charge in [-0.05, 0) is 49.4 Å². The summed E-state index contributed by atoms with van der Waals surface area (Å²) < 4.78 is 0. The lowest BCUT2D eigenvalue weighted by atomic mass is 9.85. The number of piperidine rings is 1. The van der Waals surface area contributed by atoms with Crippen LogP contribution in [0.25, 0.3) is 10.9 Å². The molecule has 112 valence electrons. The summed E-state index contributed by atoms with van der Waals surface area (Å²) in [6.45, 7) is 0.810. The van der Waals surface area contributed by atoms with Crippen LogP contribution in [0.3, 0.4) is 0 Å². The van der Waals surface area contributed by atoms with Crippen molar-refractivity contribution in [2.45, 2.75) is 25.3 Å². The number of nitrogens with zero attached hydrogens (tertiary/aromatic N) is 2. The van der Waals surface area contributed by atoms with Crippen LogP contribution in [0.2, 0.25) is 0 Å². The second-order valence-electron chi connectivity index (χ2n) is 5.79. The third kappa shape index (κ3) is 2.78. The van der Waals surface area contributed by atoms with E-state index in [2.05, 4.69) is 16.4 Å². The molecule has 3 rings (SSSR count). The van der Waals surface area contributed by atoms with Gasteiger partial charge in [-0.15, -0.1) is 0 Å². The predicted octanol–water partition coefficient (Wildman–Crippen LogP) is 1.50. The van der Waals surface area contributed by atoms with Gasteiger partial charge in [-0.1, -0.05) is 12.1 Å². The highest BCUT2D eigenvalue weighted by Crippen LogP contribution is 2.27. The number of hydrogen-bond donors (Lipinski definition) is 2. The summed E-state index contributed by atoms with van der Waals surface area (Å²) in [4.78, 5) is 15.7. The Morgan fingerprint density at radius 2 is 2.32 bits per heavy atom.